The maximum atomic E-state index is 11.7. The van der Waals surface area contributed by atoms with Crippen LogP contribution in [-0.4, -0.2) is 29.4 Å². The Bertz CT molecular complexity index is 457. The Hall–Kier alpha value is -0.840. The SMILES string of the molecule is CCCCCCCCCCCCCCCC=COP(=O)(O)ON1C=NCC1. The molecule has 7 heteroatoms. The molecule has 0 aromatic carbocycles. The zero-order valence-corrected chi connectivity index (χ0v) is 18.0. The molecule has 0 fully saturated rings. The number of hydrogen-bond acceptors (Lipinski definition) is 5. The second kappa shape index (κ2) is 16.1. The van der Waals surface area contributed by atoms with Crippen LogP contribution in [0.15, 0.2) is 17.3 Å². The lowest BCUT2D eigenvalue weighted by Gasteiger charge is -2.16. The van der Waals surface area contributed by atoms with Crippen LogP contribution in [0.1, 0.15) is 96.8 Å². The quantitative estimate of drug-likeness (QED) is 0.164. The zero-order valence-electron chi connectivity index (χ0n) is 17.1. The van der Waals surface area contributed by atoms with Gasteiger partial charge in [0.2, 0.25) is 0 Å². The number of phosphoric acid groups is 1. The molecular weight excluding hydrogens is 363 g/mol. The summed E-state index contributed by atoms with van der Waals surface area (Å²) >= 11 is 0. The molecule has 1 rings (SSSR count). The monoisotopic (exact) mass is 402 g/mol. The van der Waals surface area contributed by atoms with E-state index in [1.165, 1.54) is 94.7 Å². The molecule has 0 amide bonds. The summed E-state index contributed by atoms with van der Waals surface area (Å²) in [5.41, 5.74) is 0. The molecule has 1 unspecified atom stereocenters. The Morgan fingerprint density at radius 3 is 2.07 bits per heavy atom. The van der Waals surface area contributed by atoms with Crippen molar-refractivity contribution in [3.63, 3.8) is 0 Å². The van der Waals surface area contributed by atoms with Crippen LogP contribution < -0.4 is 0 Å². The first kappa shape index (κ1) is 24.2. The van der Waals surface area contributed by atoms with Crippen LogP contribution in [0.25, 0.3) is 0 Å². The number of hydrogen-bond donors (Lipinski definition) is 1. The van der Waals surface area contributed by atoms with Gasteiger partial charge in [0.15, 0.2) is 0 Å². The number of nitrogens with zero attached hydrogens (tertiary/aromatic N) is 2. The number of unbranched alkanes of at least 4 members (excludes halogenated alkanes) is 13. The average Bonchev–Trinajstić information content (AvgIpc) is 3.13. The molecule has 0 aromatic heterocycles. The van der Waals surface area contributed by atoms with Gasteiger partial charge in [0, 0.05) is 0 Å². The third-order valence-electron chi connectivity index (χ3n) is 4.63. The van der Waals surface area contributed by atoms with Crippen LogP contribution in [0.4, 0.5) is 0 Å². The van der Waals surface area contributed by atoms with Crippen molar-refractivity contribution in [3.05, 3.63) is 12.3 Å². The van der Waals surface area contributed by atoms with Gasteiger partial charge in [-0.15, -0.1) is 0 Å². The van der Waals surface area contributed by atoms with Gasteiger partial charge in [-0.2, -0.15) is 4.62 Å². The van der Waals surface area contributed by atoms with E-state index in [-0.39, 0.29) is 0 Å². The Kier molecular flexibility index (Phi) is 14.5. The molecule has 0 aromatic rings. The fourth-order valence-electron chi connectivity index (χ4n) is 3.04. The van der Waals surface area contributed by atoms with Gasteiger partial charge in [-0.25, -0.2) is 9.63 Å². The van der Waals surface area contributed by atoms with Crippen LogP contribution in [-0.2, 0) is 13.7 Å². The van der Waals surface area contributed by atoms with Crippen molar-refractivity contribution in [1.82, 2.24) is 5.06 Å². The minimum atomic E-state index is -4.08. The lowest BCUT2D eigenvalue weighted by atomic mass is 10.0. The Morgan fingerprint density at radius 1 is 1.00 bits per heavy atom. The van der Waals surface area contributed by atoms with Crippen LogP contribution in [0, 0.1) is 0 Å². The predicted octanol–water partition coefficient (Wildman–Crippen LogP) is 6.37. The van der Waals surface area contributed by atoms with E-state index in [0.29, 0.717) is 13.1 Å². The summed E-state index contributed by atoms with van der Waals surface area (Å²) in [6.45, 7) is 3.30. The summed E-state index contributed by atoms with van der Waals surface area (Å²) in [5.74, 6) is 0. The summed E-state index contributed by atoms with van der Waals surface area (Å²) < 4.78 is 21.3. The van der Waals surface area contributed by atoms with Crippen LogP contribution in [0.2, 0.25) is 0 Å². The summed E-state index contributed by atoms with van der Waals surface area (Å²) in [6, 6.07) is 0. The highest BCUT2D eigenvalue weighted by Gasteiger charge is 2.25. The summed E-state index contributed by atoms with van der Waals surface area (Å²) in [5, 5.41) is 1.22. The molecule has 1 aliphatic rings. The molecule has 0 spiro atoms. The highest BCUT2D eigenvalue weighted by Crippen LogP contribution is 2.44. The molecule has 27 heavy (non-hydrogen) atoms. The van der Waals surface area contributed by atoms with E-state index < -0.39 is 7.82 Å². The van der Waals surface area contributed by atoms with E-state index in [9.17, 15) is 9.46 Å². The van der Waals surface area contributed by atoms with Crippen LogP contribution in [0.5, 0.6) is 0 Å². The first-order valence-corrected chi connectivity index (χ1v) is 12.3. The highest BCUT2D eigenvalue weighted by atomic mass is 31.2. The molecule has 6 nitrogen and oxygen atoms in total. The van der Waals surface area contributed by atoms with Gasteiger partial charge in [-0.1, -0.05) is 84.0 Å². The maximum Gasteiger partial charge on any atom is 0.548 e. The van der Waals surface area contributed by atoms with E-state index in [1.807, 2.05) is 0 Å². The predicted molar refractivity (Wildman–Crippen MR) is 112 cm³/mol. The number of rotatable bonds is 18. The molecule has 158 valence electrons. The van der Waals surface area contributed by atoms with Crippen molar-refractivity contribution in [1.29, 1.82) is 0 Å². The average molecular weight is 403 g/mol. The van der Waals surface area contributed by atoms with Crippen LogP contribution >= 0.6 is 7.82 Å². The second-order valence-corrected chi connectivity index (χ2v) is 8.53. The van der Waals surface area contributed by atoms with Gasteiger partial charge in [0.1, 0.15) is 6.34 Å². The lowest BCUT2D eigenvalue weighted by Crippen LogP contribution is -2.18. The number of hydroxylamine groups is 2. The molecule has 1 atom stereocenters. The van der Waals surface area contributed by atoms with Crippen LogP contribution in [0.3, 0.4) is 0 Å². The topological polar surface area (TPSA) is 71.4 Å². The summed E-state index contributed by atoms with van der Waals surface area (Å²) in [7, 11) is -4.08. The molecule has 1 N–H and O–H groups in total. The zero-order chi connectivity index (χ0) is 19.6. The van der Waals surface area contributed by atoms with E-state index in [4.69, 9.17) is 9.15 Å². The first-order valence-electron chi connectivity index (χ1n) is 10.8. The van der Waals surface area contributed by atoms with Crippen molar-refractivity contribution < 1.29 is 18.6 Å². The molecule has 1 heterocycles. The lowest BCUT2D eigenvalue weighted by molar-refractivity contribution is -0.000547. The number of phosphoric ester groups is 1. The van der Waals surface area contributed by atoms with E-state index in [1.54, 1.807) is 6.08 Å². The fraction of sp³-hybridized carbons (Fsp3) is 0.850. The number of allylic oxidation sites excluding steroid dienone is 1. The number of aliphatic imine (C=N–C) groups is 1. The largest absolute Gasteiger partial charge is 0.548 e. The van der Waals surface area contributed by atoms with Gasteiger partial charge in [0.05, 0.1) is 19.4 Å². The van der Waals surface area contributed by atoms with Gasteiger partial charge in [0.25, 0.3) is 0 Å². The van der Waals surface area contributed by atoms with Gasteiger partial charge in [-0.05, 0) is 18.9 Å². The molecule has 0 bridgehead atoms. The van der Waals surface area contributed by atoms with Crippen molar-refractivity contribution in [2.24, 2.45) is 4.99 Å². The Morgan fingerprint density at radius 2 is 1.56 bits per heavy atom. The van der Waals surface area contributed by atoms with Crippen molar-refractivity contribution in [2.75, 3.05) is 13.1 Å². The van der Waals surface area contributed by atoms with Crippen molar-refractivity contribution >= 4 is 14.2 Å². The Labute approximate surface area is 165 Å². The Balaban J connectivity index is 1.83. The molecule has 0 radical (unpaired) electrons. The van der Waals surface area contributed by atoms with Gasteiger partial charge in [-0.3, -0.25) is 9.89 Å². The molecule has 0 aliphatic carbocycles. The van der Waals surface area contributed by atoms with Gasteiger partial charge >= 0.3 is 7.82 Å². The normalized spacial score (nSPS) is 16.3. The standard InChI is InChI=1S/C20H39N2O4P/c1-2-3-4-5-6-7-8-9-10-11-12-13-14-15-16-19-25-27(23,24)26-22-18-17-21-20-22/h16,19-20H,2-15,17-18H2,1H3,(H,23,24). The minimum Gasteiger partial charge on any atom is -0.411 e. The molecular formula is C20H39N2O4P. The highest BCUT2D eigenvalue weighted by molar-refractivity contribution is 7.47. The third kappa shape index (κ3) is 14.8. The second-order valence-electron chi connectivity index (χ2n) is 7.22. The van der Waals surface area contributed by atoms with Gasteiger partial charge < -0.3 is 4.52 Å². The van der Waals surface area contributed by atoms with E-state index in [0.717, 1.165) is 12.8 Å². The molecule has 0 saturated heterocycles. The van der Waals surface area contributed by atoms with E-state index in [2.05, 4.69) is 11.9 Å². The third-order valence-corrected chi connectivity index (χ3v) is 5.44. The van der Waals surface area contributed by atoms with Crippen molar-refractivity contribution in [3.8, 4) is 0 Å². The summed E-state index contributed by atoms with van der Waals surface area (Å²) in [4.78, 5) is 13.4. The maximum absolute atomic E-state index is 11.7. The van der Waals surface area contributed by atoms with Crippen molar-refractivity contribution in [2.45, 2.75) is 96.8 Å². The smallest absolute Gasteiger partial charge is 0.411 e. The summed E-state index contributed by atoms with van der Waals surface area (Å²) in [6.07, 6.45) is 22.6. The minimum absolute atomic E-state index is 0.469. The van der Waals surface area contributed by atoms with E-state index >= 15 is 0 Å². The fourth-order valence-corrected chi connectivity index (χ4v) is 3.71. The molecule has 1 aliphatic heterocycles. The first-order chi connectivity index (χ1) is 13.1. The molecule has 0 saturated carbocycles.